The van der Waals surface area contributed by atoms with Gasteiger partial charge >= 0.3 is 0 Å². The lowest BCUT2D eigenvalue weighted by Gasteiger charge is -2.39. The molecule has 0 unspecified atom stereocenters. The lowest BCUT2D eigenvalue weighted by Crippen LogP contribution is -2.32. The van der Waals surface area contributed by atoms with Gasteiger partial charge in [0.15, 0.2) is 0 Å². The highest BCUT2D eigenvalue weighted by Crippen LogP contribution is 2.42. The Bertz CT molecular complexity index is 157. The Morgan fingerprint density at radius 1 is 1.08 bits per heavy atom. The Morgan fingerprint density at radius 3 is 2.33 bits per heavy atom. The second-order valence-corrected chi connectivity index (χ2v) is 5.30. The fourth-order valence-electron chi connectivity index (χ4n) is 2.39. The van der Waals surface area contributed by atoms with Crippen LogP contribution in [0.3, 0.4) is 0 Å². The average molecular weight is 184 g/mol. The van der Waals surface area contributed by atoms with E-state index >= 15 is 0 Å². The summed E-state index contributed by atoms with van der Waals surface area (Å²) in [4.78, 5) is 10.4. The van der Waals surface area contributed by atoms with E-state index in [9.17, 15) is 4.79 Å². The fourth-order valence-corrected chi connectivity index (χ4v) is 3.53. The van der Waals surface area contributed by atoms with Gasteiger partial charge in [-0.3, -0.25) is 0 Å². The summed E-state index contributed by atoms with van der Waals surface area (Å²) in [5, 5.41) is 0. The van der Waals surface area contributed by atoms with Crippen LogP contribution in [0.2, 0.25) is 0 Å². The third-order valence-electron chi connectivity index (χ3n) is 3.34. The highest BCUT2D eigenvalue weighted by atomic mass is 32.2. The third-order valence-corrected chi connectivity index (χ3v) is 4.38. The number of carbonyl (C=O) groups excluding carboxylic acids is 1. The zero-order chi connectivity index (χ0) is 8.39. The Balaban J connectivity index is 1.75. The van der Waals surface area contributed by atoms with Gasteiger partial charge in [0.2, 0.25) is 0 Å². The summed E-state index contributed by atoms with van der Waals surface area (Å²) in [6.45, 7) is 0. The second-order valence-electron chi connectivity index (χ2n) is 4.08. The Labute approximate surface area is 78.3 Å². The maximum atomic E-state index is 10.4. The number of aldehydes is 1. The van der Waals surface area contributed by atoms with Crippen LogP contribution < -0.4 is 0 Å². The van der Waals surface area contributed by atoms with E-state index in [0.29, 0.717) is 5.92 Å². The Morgan fingerprint density at radius 2 is 1.75 bits per heavy atom. The molecule has 0 radical (unpaired) electrons. The zero-order valence-electron chi connectivity index (χ0n) is 7.37. The largest absolute Gasteiger partial charge is 0.303 e. The standard InChI is InChI=1S/C10H16OS/c11-7-8-5-10(6-8)9-1-3-12-4-2-9/h7-10H,1-6H2. The molecule has 0 aromatic heterocycles. The SMILES string of the molecule is O=CC1CC(C2CCSCC2)C1. The van der Waals surface area contributed by atoms with E-state index in [1.54, 1.807) is 0 Å². The van der Waals surface area contributed by atoms with Gasteiger partial charge in [-0.2, -0.15) is 11.8 Å². The van der Waals surface area contributed by atoms with Crippen LogP contribution in [0.4, 0.5) is 0 Å². The van der Waals surface area contributed by atoms with Crippen molar-refractivity contribution < 1.29 is 4.79 Å². The molecule has 0 N–H and O–H groups in total. The van der Waals surface area contributed by atoms with Crippen molar-refractivity contribution >= 4 is 18.0 Å². The first-order valence-corrected chi connectivity index (χ1v) is 6.08. The van der Waals surface area contributed by atoms with Gasteiger partial charge in [-0.05, 0) is 49.0 Å². The highest BCUT2D eigenvalue weighted by molar-refractivity contribution is 7.99. The fraction of sp³-hybridized carbons (Fsp3) is 0.900. The highest BCUT2D eigenvalue weighted by Gasteiger charge is 2.34. The summed E-state index contributed by atoms with van der Waals surface area (Å²) in [5.41, 5.74) is 0. The van der Waals surface area contributed by atoms with E-state index in [-0.39, 0.29) is 0 Å². The molecule has 12 heavy (non-hydrogen) atoms. The summed E-state index contributed by atoms with van der Waals surface area (Å²) >= 11 is 2.09. The van der Waals surface area contributed by atoms with Crippen molar-refractivity contribution in [3.8, 4) is 0 Å². The molecule has 1 saturated carbocycles. The van der Waals surface area contributed by atoms with E-state index in [1.165, 1.54) is 37.2 Å². The molecular formula is C10H16OS. The maximum absolute atomic E-state index is 10.4. The van der Waals surface area contributed by atoms with Crippen LogP contribution in [0.1, 0.15) is 25.7 Å². The molecule has 0 aromatic carbocycles. The normalized spacial score (nSPS) is 37.3. The minimum Gasteiger partial charge on any atom is -0.303 e. The van der Waals surface area contributed by atoms with Crippen LogP contribution >= 0.6 is 11.8 Å². The number of thioether (sulfide) groups is 1. The van der Waals surface area contributed by atoms with Gasteiger partial charge in [-0.15, -0.1) is 0 Å². The predicted octanol–water partition coefficient (Wildman–Crippen LogP) is 2.35. The molecule has 0 amide bonds. The van der Waals surface area contributed by atoms with Crippen LogP contribution in [0.15, 0.2) is 0 Å². The minimum atomic E-state index is 0.421. The molecule has 0 atom stereocenters. The van der Waals surface area contributed by atoms with E-state index in [4.69, 9.17) is 0 Å². The molecule has 2 fully saturated rings. The van der Waals surface area contributed by atoms with E-state index in [2.05, 4.69) is 11.8 Å². The zero-order valence-corrected chi connectivity index (χ0v) is 8.19. The van der Waals surface area contributed by atoms with Gasteiger partial charge in [0.05, 0.1) is 0 Å². The molecule has 0 bridgehead atoms. The first kappa shape index (κ1) is 8.61. The summed E-state index contributed by atoms with van der Waals surface area (Å²) in [6, 6.07) is 0. The molecule has 2 heteroatoms. The molecule has 1 saturated heterocycles. The van der Waals surface area contributed by atoms with Gasteiger partial charge < -0.3 is 4.79 Å². The van der Waals surface area contributed by atoms with Gasteiger partial charge in [0.1, 0.15) is 6.29 Å². The van der Waals surface area contributed by atoms with Crippen LogP contribution in [0.5, 0.6) is 0 Å². The predicted molar refractivity (Wildman–Crippen MR) is 52.3 cm³/mol. The molecule has 0 spiro atoms. The minimum absolute atomic E-state index is 0.421. The van der Waals surface area contributed by atoms with E-state index in [1.807, 2.05) is 0 Å². The molecular weight excluding hydrogens is 168 g/mol. The van der Waals surface area contributed by atoms with Crippen molar-refractivity contribution in [3.05, 3.63) is 0 Å². The summed E-state index contributed by atoms with van der Waals surface area (Å²) in [7, 11) is 0. The molecule has 2 rings (SSSR count). The molecule has 1 aliphatic carbocycles. The molecule has 1 nitrogen and oxygen atoms in total. The molecule has 0 aromatic rings. The molecule has 68 valence electrons. The van der Waals surface area contributed by atoms with Crippen LogP contribution in [0.25, 0.3) is 0 Å². The van der Waals surface area contributed by atoms with Crippen molar-refractivity contribution in [1.29, 1.82) is 0 Å². The summed E-state index contributed by atoms with van der Waals surface area (Å²) in [6.07, 6.45) is 6.34. The number of rotatable bonds is 2. The first-order valence-electron chi connectivity index (χ1n) is 4.93. The summed E-state index contributed by atoms with van der Waals surface area (Å²) < 4.78 is 0. The van der Waals surface area contributed by atoms with E-state index < -0.39 is 0 Å². The number of hydrogen-bond donors (Lipinski definition) is 0. The Kier molecular flexibility index (Phi) is 2.74. The van der Waals surface area contributed by atoms with Gasteiger partial charge in [-0.1, -0.05) is 0 Å². The van der Waals surface area contributed by atoms with Crippen molar-refractivity contribution in [2.24, 2.45) is 17.8 Å². The molecule has 1 heterocycles. The van der Waals surface area contributed by atoms with Crippen molar-refractivity contribution in [3.63, 3.8) is 0 Å². The molecule has 1 aliphatic heterocycles. The topological polar surface area (TPSA) is 17.1 Å². The van der Waals surface area contributed by atoms with Crippen molar-refractivity contribution in [1.82, 2.24) is 0 Å². The average Bonchev–Trinajstić information content (AvgIpc) is 2.04. The monoisotopic (exact) mass is 184 g/mol. The van der Waals surface area contributed by atoms with Crippen LogP contribution in [-0.2, 0) is 4.79 Å². The lowest BCUT2D eigenvalue weighted by molar-refractivity contribution is -0.115. The third kappa shape index (κ3) is 1.68. The van der Waals surface area contributed by atoms with Crippen molar-refractivity contribution in [2.45, 2.75) is 25.7 Å². The Hall–Kier alpha value is 0.0200. The lowest BCUT2D eigenvalue weighted by atomic mass is 9.67. The quantitative estimate of drug-likeness (QED) is 0.613. The summed E-state index contributed by atoms with van der Waals surface area (Å²) in [5.74, 6) is 4.99. The number of hydrogen-bond acceptors (Lipinski definition) is 2. The van der Waals surface area contributed by atoms with Crippen molar-refractivity contribution in [2.75, 3.05) is 11.5 Å². The smallest absolute Gasteiger partial charge is 0.123 e. The maximum Gasteiger partial charge on any atom is 0.123 e. The van der Waals surface area contributed by atoms with Gasteiger partial charge in [0, 0.05) is 5.92 Å². The first-order chi connectivity index (χ1) is 5.90. The van der Waals surface area contributed by atoms with Gasteiger partial charge in [0.25, 0.3) is 0 Å². The van der Waals surface area contributed by atoms with E-state index in [0.717, 1.165) is 18.1 Å². The second kappa shape index (κ2) is 3.82. The van der Waals surface area contributed by atoms with Gasteiger partial charge in [-0.25, -0.2) is 0 Å². The number of carbonyl (C=O) groups is 1. The van der Waals surface area contributed by atoms with Crippen LogP contribution in [0, 0.1) is 17.8 Å². The molecule has 2 aliphatic rings. The van der Waals surface area contributed by atoms with Crippen LogP contribution in [-0.4, -0.2) is 17.8 Å².